The third-order valence-corrected chi connectivity index (χ3v) is 5.26. The van der Waals surface area contributed by atoms with E-state index in [2.05, 4.69) is 20.1 Å². The highest BCUT2D eigenvalue weighted by atomic mass is 16.7. The molecule has 1 heterocycles. The predicted octanol–water partition coefficient (Wildman–Crippen LogP) is 4.08. The molecule has 0 bridgehead atoms. The van der Waals surface area contributed by atoms with Gasteiger partial charge in [0.05, 0.1) is 30.9 Å². The molecule has 0 aliphatic carbocycles. The number of hydrogen-bond acceptors (Lipinski definition) is 13. The zero-order valence-electron chi connectivity index (χ0n) is 22.7. The Kier molecular flexibility index (Phi) is 12.8. The second-order valence-corrected chi connectivity index (χ2v) is 8.19. The molecule has 0 unspecified atom stereocenters. The summed E-state index contributed by atoms with van der Waals surface area (Å²) in [5.41, 5.74) is 8.79. The van der Waals surface area contributed by atoms with Crippen molar-refractivity contribution in [1.29, 1.82) is 0 Å². The quantitative estimate of drug-likeness (QED) is 0.0373. The fraction of sp³-hybridized carbons (Fsp3) is 0.308. The molecule has 3 rings (SSSR count). The first kappa shape index (κ1) is 32.4. The van der Waals surface area contributed by atoms with Crippen LogP contribution in [0.5, 0.6) is 11.5 Å². The van der Waals surface area contributed by atoms with Crippen LogP contribution in [0, 0.1) is 29.4 Å². The van der Waals surface area contributed by atoms with E-state index in [-0.39, 0.29) is 55.8 Å². The van der Waals surface area contributed by atoms with Gasteiger partial charge in [0.2, 0.25) is 6.29 Å². The number of benzene rings is 2. The molecular formula is C26H26N5O12. The van der Waals surface area contributed by atoms with E-state index in [9.17, 15) is 24.5 Å². The summed E-state index contributed by atoms with van der Waals surface area (Å²) < 4.78 is 36.4. The lowest BCUT2D eigenvalue weighted by molar-refractivity contribution is -0.384. The molecule has 43 heavy (non-hydrogen) atoms. The number of hydrogen-bond donors (Lipinski definition) is 1. The number of carbonyl (C=O) groups is 3. The fourth-order valence-corrected chi connectivity index (χ4v) is 3.30. The van der Waals surface area contributed by atoms with E-state index in [1.165, 1.54) is 68.8 Å². The number of esters is 1. The minimum Gasteiger partial charge on any atom is -0.489 e. The van der Waals surface area contributed by atoms with Crippen LogP contribution in [0.1, 0.15) is 5.56 Å². The van der Waals surface area contributed by atoms with Crippen LogP contribution in [0.15, 0.2) is 47.6 Å². The Balaban J connectivity index is 1.60. The molecule has 1 N–H and O–H groups in total. The van der Waals surface area contributed by atoms with E-state index >= 15 is 0 Å². The number of azide groups is 1. The number of nitro groups is 1. The van der Waals surface area contributed by atoms with Gasteiger partial charge in [0, 0.05) is 36.4 Å². The maximum Gasteiger partial charge on any atom is 0.514 e. The van der Waals surface area contributed by atoms with E-state index < -0.39 is 35.5 Å². The lowest BCUT2D eigenvalue weighted by Crippen LogP contribution is -2.38. The summed E-state index contributed by atoms with van der Waals surface area (Å²) in [6.07, 6.45) is 0.160. The monoisotopic (exact) mass is 600 g/mol. The van der Waals surface area contributed by atoms with Crippen molar-refractivity contribution in [3.05, 3.63) is 87.8 Å². The van der Waals surface area contributed by atoms with Gasteiger partial charge in [-0.15, -0.1) is 0 Å². The Morgan fingerprint density at radius 3 is 2.63 bits per heavy atom. The molecule has 2 aromatic carbocycles. The molecular weight excluding hydrogens is 574 g/mol. The van der Waals surface area contributed by atoms with Gasteiger partial charge in [0.1, 0.15) is 24.7 Å². The summed E-state index contributed by atoms with van der Waals surface area (Å²) in [4.78, 5) is 49.2. The fourth-order valence-electron chi connectivity index (χ4n) is 3.30. The molecule has 2 aromatic rings. The smallest absolute Gasteiger partial charge is 0.489 e. The number of nitrogens with one attached hydrogen (secondary N) is 1. The van der Waals surface area contributed by atoms with E-state index in [0.717, 1.165) is 0 Å². The number of anilines is 1. The van der Waals surface area contributed by atoms with E-state index in [4.69, 9.17) is 34.0 Å². The normalized spacial score (nSPS) is 15.7. The van der Waals surface area contributed by atoms with Crippen molar-refractivity contribution < 1.29 is 52.5 Å². The number of carbonyl (C=O) groups excluding carboxylic acids is 3. The van der Waals surface area contributed by atoms with E-state index in [1.54, 1.807) is 0 Å². The van der Waals surface area contributed by atoms with Gasteiger partial charge in [-0.3, -0.25) is 15.4 Å². The van der Waals surface area contributed by atoms with Crippen LogP contribution in [0.25, 0.3) is 10.4 Å². The molecule has 0 aromatic heterocycles. The number of rotatable bonds is 14. The predicted molar refractivity (Wildman–Crippen MR) is 144 cm³/mol. The van der Waals surface area contributed by atoms with Gasteiger partial charge in [0.15, 0.2) is 6.10 Å². The SMILES string of the molecule is COC(=O)[C@@H]1[CH][CH][CH][C@H](OC(=O)Nc2ccc(COC(=O)Oc3ccc([N+](=O)[O-])cc3)cc2OCCOCCN=[N+]=[N-])O1. The van der Waals surface area contributed by atoms with Gasteiger partial charge in [0.25, 0.3) is 5.69 Å². The first-order valence-electron chi connectivity index (χ1n) is 12.4. The summed E-state index contributed by atoms with van der Waals surface area (Å²) in [5, 5.41) is 16.6. The van der Waals surface area contributed by atoms with Crippen molar-refractivity contribution in [3.63, 3.8) is 0 Å². The second kappa shape index (κ2) is 17.0. The highest BCUT2D eigenvalue weighted by Crippen LogP contribution is 2.28. The number of nitro benzene ring substituents is 1. The van der Waals surface area contributed by atoms with Gasteiger partial charge in [-0.2, -0.15) is 0 Å². The van der Waals surface area contributed by atoms with Crippen LogP contribution < -0.4 is 14.8 Å². The lowest BCUT2D eigenvalue weighted by Gasteiger charge is -2.27. The first-order chi connectivity index (χ1) is 20.8. The Bertz CT molecular complexity index is 1320. The van der Waals surface area contributed by atoms with Crippen LogP contribution in [0.3, 0.4) is 0 Å². The lowest BCUT2D eigenvalue weighted by atomic mass is 10.1. The molecule has 1 fully saturated rings. The molecule has 227 valence electrons. The van der Waals surface area contributed by atoms with Gasteiger partial charge in [-0.25, -0.2) is 14.4 Å². The van der Waals surface area contributed by atoms with Gasteiger partial charge in [-0.1, -0.05) is 11.2 Å². The molecule has 0 saturated carbocycles. The Hall–Kier alpha value is -5.12. The van der Waals surface area contributed by atoms with Gasteiger partial charge < -0.3 is 33.2 Å². The topological polar surface area (TPSA) is 220 Å². The third kappa shape index (κ3) is 11.0. The van der Waals surface area contributed by atoms with E-state index in [0.29, 0.717) is 5.56 Å². The summed E-state index contributed by atoms with van der Waals surface area (Å²) in [5.74, 6) is -0.447. The average Bonchev–Trinajstić information content (AvgIpc) is 3.00. The van der Waals surface area contributed by atoms with Crippen LogP contribution in [-0.2, 0) is 35.1 Å². The van der Waals surface area contributed by atoms with E-state index in [1.807, 2.05) is 0 Å². The maximum absolute atomic E-state index is 12.6. The van der Waals surface area contributed by atoms with Crippen molar-refractivity contribution in [3.8, 4) is 11.5 Å². The van der Waals surface area contributed by atoms with Gasteiger partial charge in [-0.05, 0) is 41.8 Å². The molecule has 1 amide bonds. The molecule has 1 saturated heterocycles. The largest absolute Gasteiger partial charge is 0.514 e. The zero-order chi connectivity index (χ0) is 31.0. The number of amides is 1. The van der Waals surface area contributed by atoms with Crippen molar-refractivity contribution in [2.24, 2.45) is 5.11 Å². The van der Waals surface area contributed by atoms with Crippen LogP contribution in [-0.4, -0.2) is 69.0 Å². The summed E-state index contributed by atoms with van der Waals surface area (Å²) in [6.45, 7) is 0.233. The average molecular weight is 601 g/mol. The van der Waals surface area contributed by atoms with Crippen LogP contribution >= 0.6 is 0 Å². The Morgan fingerprint density at radius 2 is 1.91 bits per heavy atom. The Labute approximate surface area is 244 Å². The molecule has 1 aliphatic heterocycles. The van der Waals surface area contributed by atoms with Crippen molar-refractivity contribution in [2.75, 3.05) is 38.8 Å². The molecule has 17 nitrogen and oxygen atoms in total. The van der Waals surface area contributed by atoms with Gasteiger partial charge >= 0.3 is 18.2 Å². The van der Waals surface area contributed by atoms with Crippen molar-refractivity contribution in [2.45, 2.75) is 19.0 Å². The standard InChI is InChI=1S/C26H26N5O12/c1-37-24(32)21-3-2-4-23(42-21)43-25(33)29-20-10-5-17(15-22(20)39-14-13-38-12-11-28-30-27)16-40-26(34)41-19-8-6-18(7-9-19)31(35)36/h2-10,15,21,23H,11-14,16H2,1H3,(H,29,33)/t21-,23-/m0/s1. The number of ether oxygens (including phenoxy) is 7. The van der Waals surface area contributed by atoms with Crippen molar-refractivity contribution >= 4 is 29.6 Å². The Morgan fingerprint density at radius 1 is 1.12 bits per heavy atom. The number of nitrogens with zero attached hydrogens (tertiary/aromatic N) is 4. The maximum atomic E-state index is 12.6. The third-order valence-electron chi connectivity index (χ3n) is 5.26. The summed E-state index contributed by atoms with van der Waals surface area (Å²) >= 11 is 0. The summed E-state index contributed by atoms with van der Waals surface area (Å²) in [7, 11) is 1.20. The van der Waals surface area contributed by atoms with Crippen LogP contribution in [0.4, 0.5) is 21.0 Å². The number of non-ortho nitro benzene ring substituents is 1. The molecule has 0 spiro atoms. The van der Waals surface area contributed by atoms with Crippen molar-refractivity contribution in [1.82, 2.24) is 0 Å². The van der Waals surface area contributed by atoms with Crippen LogP contribution in [0.2, 0.25) is 0 Å². The summed E-state index contributed by atoms with van der Waals surface area (Å²) in [6, 6.07) is 9.36. The minimum atomic E-state index is -1.17. The molecule has 1 aliphatic rings. The molecule has 17 heteroatoms. The number of methoxy groups -OCH3 is 1. The molecule has 2 atom stereocenters. The second-order valence-electron chi connectivity index (χ2n) is 8.19. The molecule has 3 radical (unpaired) electrons. The highest BCUT2D eigenvalue weighted by molar-refractivity contribution is 5.87. The first-order valence-corrected chi connectivity index (χ1v) is 12.4. The minimum absolute atomic E-state index is 0.0393. The highest BCUT2D eigenvalue weighted by Gasteiger charge is 2.31. The zero-order valence-corrected chi connectivity index (χ0v) is 22.7.